The number of allylic oxidation sites excluding steroid dienone is 4. The molecule has 0 aliphatic carbocycles. The van der Waals surface area contributed by atoms with E-state index < -0.39 is 0 Å². The minimum Gasteiger partial charge on any atom is -0.385 e. The van der Waals surface area contributed by atoms with Crippen LogP contribution in [-0.2, 0) is 20.3 Å². The summed E-state index contributed by atoms with van der Waals surface area (Å²) in [6, 6.07) is 26.7. The van der Waals surface area contributed by atoms with Gasteiger partial charge in [-0.05, 0) is 65.6 Å². The summed E-state index contributed by atoms with van der Waals surface area (Å²) in [5, 5.41) is 5.27. The Kier molecular flexibility index (Phi) is 8.02. The van der Waals surface area contributed by atoms with Crippen molar-refractivity contribution in [3.05, 3.63) is 108 Å². The van der Waals surface area contributed by atoms with Crippen molar-refractivity contribution in [2.24, 2.45) is 0 Å². The van der Waals surface area contributed by atoms with E-state index in [2.05, 4.69) is 128 Å². The fraction of sp³-hybridized carbons (Fsp3) is 0.359. The van der Waals surface area contributed by atoms with Crippen molar-refractivity contribution < 1.29 is 14.0 Å². The quantitative estimate of drug-likeness (QED) is 0.140. The second-order valence-corrected chi connectivity index (χ2v) is 12.9. The molecule has 0 saturated heterocycles. The Balaban J connectivity index is 1.44. The van der Waals surface area contributed by atoms with Crippen LogP contribution in [0.1, 0.15) is 51.7 Å². The van der Waals surface area contributed by atoms with Crippen LogP contribution in [0, 0.1) is 0 Å². The van der Waals surface area contributed by atoms with Gasteiger partial charge in [0.1, 0.15) is 0 Å². The predicted octanol–water partition coefficient (Wildman–Crippen LogP) is 8.68. The van der Waals surface area contributed by atoms with E-state index in [1.54, 1.807) is 14.2 Å². The number of rotatable bonds is 10. The molecule has 0 aromatic heterocycles. The molecule has 222 valence electrons. The van der Waals surface area contributed by atoms with Crippen molar-refractivity contribution in [3.8, 4) is 0 Å². The second-order valence-electron chi connectivity index (χ2n) is 12.9. The summed E-state index contributed by atoms with van der Waals surface area (Å²) in [5.41, 5.74) is 7.84. The average molecular weight is 574 g/mol. The highest BCUT2D eigenvalue weighted by atomic mass is 16.5. The fourth-order valence-electron chi connectivity index (χ4n) is 7.52. The summed E-state index contributed by atoms with van der Waals surface area (Å²) < 4.78 is 13.4. The molecule has 4 aromatic rings. The third-order valence-electron chi connectivity index (χ3n) is 9.48. The lowest BCUT2D eigenvalue weighted by Gasteiger charge is -2.27. The maximum Gasteiger partial charge on any atom is 0.210 e. The van der Waals surface area contributed by atoms with Crippen LogP contribution in [0.25, 0.3) is 21.5 Å². The molecule has 43 heavy (non-hydrogen) atoms. The molecule has 0 spiro atoms. The molecular weight excluding hydrogens is 528 g/mol. The summed E-state index contributed by atoms with van der Waals surface area (Å²) in [4.78, 5) is 2.52. The van der Waals surface area contributed by atoms with Crippen LogP contribution in [0.2, 0.25) is 0 Å². The Morgan fingerprint density at radius 1 is 0.721 bits per heavy atom. The van der Waals surface area contributed by atoms with Gasteiger partial charge in [-0.25, -0.2) is 0 Å². The lowest BCUT2D eigenvalue weighted by atomic mass is 9.79. The largest absolute Gasteiger partial charge is 0.385 e. The maximum absolute atomic E-state index is 5.45. The minimum absolute atomic E-state index is 0.138. The van der Waals surface area contributed by atoms with Gasteiger partial charge in [-0.3, -0.25) is 0 Å². The van der Waals surface area contributed by atoms with Crippen LogP contribution in [0.15, 0.2) is 96.7 Å². The first kappa shape index (κ1) is 29.3. The zero-order valence-electron chi connectivity index (χ0n) is 26.6. The number of methoxy groups -OCH3 is 2. The van der Waals surface area contributed by atoms with E-state index in [1.165, 1.54) is 55.5 Å². The molecule has 0 saturated carbocycles. The summed E-state index contributed by atoms with van der Waals surface area (Å²) in [7, 11) is 3.57. The van der Waals surface area contributed by atoms with Gasteiger partial charge in [0.2, 0.25) is 5.69 Å². The minimum atomic E-state index is -0.138. The van der Waals surface area contributed by atoms with E-state index >= 15 is 0 Å². The fourth-order valence-corrected chi connectivity index (χ4v) is 7.52. The highest BCUT2D eigenvalue weighted by Crippen LogP contribution is 2.51. The summed E-state index contributed by atoms with van der Waals surface area (Å²) >= 11 is 0. The topological polar surface area (TPSA) is 24.7 Å². The van der Waals surface area contributed by atoms with Gasteiger partial charge in [0, 0.05) is 68.3 Å². The Hall–Kier alpha value is -3.73. The van der Waals surface area contributed by atoms with Gasteiger partial charge >= 0.3 is 0 Å². The van der Waals surface area contributed by atoms with Gasteiger partial charge in [0.15, 0.2) is 12.3 Å². The molecule has 6 rings (SSSR count). The number of anilines is 1. The highest BCUT2D eigenvalue weighted by molar-refractivity contribution is 6.07. The number of hydrogen-bond donors (Lipinski definition) is 0. The molecule has 0 atom stereocenters. The van der Waals surface area contributed by atoms with Crippen LogP contribution in [0.4, 0.5) is 11.4 Å². The number of fused-ring (bicyclic) bond motifs is 6. The van der Waals surface area contributed by atoms with Crippen LogP contribution < -0.4 is 4.90 Å². The third-order valence-corrected chi connectivity index (χ3v) is 9.48. The first-order valence-electron chi connectivity index (χ1n) is 15.6. The molecule has 4 aromatic carbocycles. The van der Waals surface area contributed by atoms with Crippen LogP contribution in [0.5, 0.6) is 0 Å². The van der Waals surface area contributed by atoms with Crippen molar-refractivity contribution in [3.63, 3.8) is 0 Å². The summed E-state index contributed by atoms with van der Waals surface area (Å²) in [5.74, 6) is 0. The Morgan fingerprint density at radius 2 is 1.35 bits per heavy atom. The van der Waals surface area contributed by atoms with Crippen molar-refractivity contribution in [2.75, 3.05) is 45.4 Å². The van der Waals surface area contributed by atoms with Crippen molar-refractivity contribution in [1.29, 1.82) is 0 Å². The predicted molar refractivity (Wildman–Crippen MR) is 181 cm³/mol. The van der Waals surface area contributed by atoms with Crippen LogP contribution in [-0.4, -0.2) is 50.8 Å². The number of hydrogen-bond acceptors (Lipinski definition) is 3. The molecule has 2 aliphatic rings. The van der Waals surface area contributed by atoms with Crippen molar-refractivity contribution in [2.45, 2.75) is 51.4 Å². The second kappa shape index (κ2) is 11.7. The number of nitrogens with zero attached hydrogens (tertiary/aromatic N) is 2. The SMILES string of the molecule is COCCCN1/C(=C\C=C\C2=[N+](CCCOC)c3ccc4ccccc4c3C2(C)C)C(C)(C)c2c1ccc1ccccc21. The van der Waals surface area contributed by atoms with Gasteiger partial charge in [-0.2, -0.15) is 4.58 Å². The Morgan fingerprint density at radius 3 is 2.05 bits per heavy atom. The van der Waals surface area contributed by atoms with Gasteiger partial charge < -0.3 is 14.4 Å². The van der Waals surface area contributed by atoms with Gasteiger partial charge in [0.25, 0.3) is 0 Å². The first-order valence-corrected chi connectivity index (χ1v) is 15.6. The van der Waals surface area contributed by atoms with E-state index in [4.69, 9.17) is 9.47 Å². The van der Waals surface area contributed by atoms with E-state index in [1.807, 2.05) is 0 Å². The maximum atomic E-state index is 5.45. The zero-order chi connectivity index (χ0) is 30.2. The molecular formula is C39H45N2O2+. The molecule has 0 radical (unpaired) electrons. The van der Waals surface area contributed by atoms with Crippen LogP contribution in [0.3, 0.4) is 0 Å². The molecule has 4 heteroatoms. The third kappa shape index (κ3) is 5.01. The molecule has 0 bridgehead atoms. The van der Waals surface area contributed by atoms with E-state index in [0.29, 0.717) is 0 Å². The van der Waals surface area contributed by atoms with Gasteiger partial charge in [0.05, 0.1) is 12.0 Å². The number of ether oxygens (including phenoxy) is 2. The van der Waals surface area contributed by atoms with Crippen LogP contribution >= 0.6 is 0 Å². The molecule has 4 nitrogen and oxygen atoms in total. The molecule has 2 heterocycles. The normalized spacial score (nSPS) is 18.0. The van der Waals surface area contributed by atoms with Gasteiger partial charge in [-0.15, -0.1) is 0 Å². The Bertz CT molecular complexity index is 1760. The standard InChI is InChI=1S/C39H45N2O2/c1-38(2)34(40(24-12-26-42-5)32-22-20-28-14-7-9-16-30(28)36(32)38)18-11-19-35-39(3,4)37-31-17-10-8-15-29(31)21-23-33(37)41(35)25-13-27-43-6/h7-11,14-23H,12-13,24-27H2,1-6H3/q+1. The monoisotopic (exact) mass is 573 g/mol. The molecule has 0 fully saturated rings. The molecule has 0 amide bonds. The first-order chi connectivity index (χ1) is 20.8. The van der Waals surface area contributed by atoms with E-state index in [9.17, 15) is 0 Å². The summed E-state index contributed by atoms with van der Waals surface area (Å²) in [6.45, 7) is 12.8. The molecule has 0 unspecified atom stereocenters. The van der Waals surface area contributed by atoms with Crippen molar-refractivity contribution in [1.82, 2.24) is 0 Å². The van der Waals surface area contributed by atoms with E-state index in [0.717, 1.165) is 39.1 Å². The Labute approximate surface area is 256 Å². The molecule has 0 N–H and O–H groups in total. The highest BCUT2D eigenvalue weighted by Gasteiger charge is 2.45. The molecule has 2 aliphatic heterocycles. The average Bonchev–Trinajstić information content (AvgIpc) is 3.36. The van der Waals surface area contributed by atoms with Crippen molar-refractivity contribution >= 4 is 38.6 Å². The zero-order valence-corrected chi connectivity index (χ0v) is 26.6. The van der Waals surface area contributed by atoms with Gasteiger partial charge in [-0.1, -0.05) is 74.5 Å². The summed E-state index contributed by atoms with van der Waals surface area (Å²) in [6.07, 6.45) is 8.96. The van der Waals surface area contributed by atoms with E-state index in [-0.39, 0.29) is 10.8 Å². The smallest absolute Gasteiger partial charge is 0.210 e. The lowest BCUT2D eigenvalue weighted by Crippen LogP contribution is -2.29. The number of benzene rings is 4. The lowest BCUT2D eigenvalue weighted by molar-refractivity contribution is -0.438.